The van der Waals surface area contributed by atoms with Crippen molar-refractivity contribution < 1.29 is 39.2 Å². The van der Waals surface area contributed by atoms with Gasteiger partial charge in [0.05, 0.1) is 32.2 Å². The van der Waals surface area contributed by atoms with E-state index in [2.05, 4.69) is 15.6 Å². The van der Waals surface area contributed by atoms with E-state index in [1.807, 2.05) is 12.1 Å². The zero-order valence-corrected chi connectivity index (χ0v) is 24.9. The molecule has 4 rings (SSSR count). The summed E-state index contributed by atoms with van der Waals surface area (Å²) in [6.45, 7) is 1.92. The maximum atomic E-state index is 13.0. The number of aromatic hydroxyl groups is 1. The first-order valence-corrected chi connectivity index (χ1v) is 14.6. The Hall–Kier alpha value is -3.51. The molecule has 0 radical (unpaired) electrons. The van der Waals surface area contributed by atoms with E-state index in [-0.39, 0.29) is 48.4 Å². The Morgan fingerprint density at radius 3 is 2.60 bits per heavy atom. The zero-order chi connectivity index (χ0) is 31.0. The molecule has 1 amide bonds. The normalized spacial score (nSPS) is 18.7. The first-order chi connectivity index (χ1) is 20.6. The van der Waals surface area contributed by atoms with Crippen LogP contribution in [0.4, 0.5) is 0 Å². The van der Waals surface area contributed by atoms with Crippen LogP contribution in [0, 0.1) is 0 Å². The standard InChI is InChI=1S/C31H38ClN3O8/c1-42-18-31(2-4-43-5-3-31)23-9-20(10-24(32)14-23)21(13-29(39)40)11-26(37)15-35-30(41)22-6-19(7-25(36)12-22)8-28-33-16-27(38)17-34-28/h6-7,9-10,12,14,21,27,36,38H,2-5,8,11,13,15-18H2,1H3,(H,33,34)(H,35,41)(H,39,40)/t21-/m0/s1. The number of halogens is 1. The van der Waals surface area contributed by atoms with Crippen LogP contribution in [0.1, 0.15) is 58.6 Å². The van der Waals surface area contributed by atoms with Crippen molar-refractivity contribution in [3.8, 4) is 5.75 Å². The van der Waals surface area contributed by atoms with Crippen molar-refractivity contribution in [1.29, 1.82) is 0 Å². The molecule has 1 fully saturated rings. The van der Waals surface area contributed by atoms with E-state index >= 15 is 0 Å². The minimum Gasteiger partial charge on any atom is -0.508 e. The van der Waals surface area contributed by atoms with Crippen LogP contribution in [-0.4, -0.2) is 91.5 Å². The van der Waals surface area contributed by atoms with E-state index in [1.54, 1.807) is 19.2 Å². The molecule has 11 nitrogen and oxygen atoms in total. The second kappa shape index (κ2) is 14.8. The Kier molecular flexibility index (Phi) is 11.1. The second-order valence-electron chi connectivity index (χ2n) is 11.2. The van der Waals surface area contributed by atoms with Crippen molar-refractivity contribution >= 4 is 35.1 Å². The third-order valence-electron chi connectivity index (χ3n) is 7.86. The Labute approximate surface area is 255 Å². The number of nitrogens with zero attached hydrogens (tertiary/aromatic N) is 1. The van der Waals surface area contributed by atoms with Crippen molar-refractivity contribution in [2.45, 2.75) is 49.5 Å². The van der Waals surface area contributed by atoms with Gasteiger partial charge in [-0.25, -0.2) is 0 Å². The molecule has 0 spiro atoms. The smallest absolute Gasteiger partial charge is 0.303 e. The summed E-state index contributed by atoms with van der Waals surface area (Å²) in [5.41, 5.74) is 2.02. The molecule has 1 saturated heterocycles. The maximum absolute atomic E-state index is 13.0. The summed E-state index contributed by atoms with van der Waals surface area (Å²) in [4.78, 5) is 42.0. The molecule has 2 heterocycles. The number of aliphatic imine (C=N–C) groups is 1. The van der Waals surface area contributed by atoms with Gasteiger partial charge in [0.25, 0.3) is 5.91 Å². The summed E-state index contributed by atoms with van der Waals surface area (Å²) in [6, 6.07) is 9.88. The zero-order valence-electron chi connectivity index (χ0n) is 24.1. The number of amides is 1. The highest BCUT2D eigenvalue weighted by atomic mass is 35.5. The number of β-amino-alcohol motifs (C(OH)–C–C–N with tert-alkyl or cyclic N) is 1. The molecule has 2 aromatic carbocycles. The van der Waals surface area contributed by atoms with Gasteiger partial charge < -0.3 is 35.4 Å². The molecule has 12 heteroatoms. The minimum absolute atomic E-state index is 0.112. The van der Waals surface area contributed by atoms with Crippen LogP contribution in [0.5, 0.6) is 5.75 Å². The number of aliphatic hydroxyl groups is 1. The predicted octanol–water partition coefficient (Wildman–Crippen LogP) is 2.59. The first kappa shape index (κ1) is 32.4. The van der Waals surface area contributed by atoms with Crippen LogP contribution in [0.3, 0.4) is 0 Å². The largest absolute Gasteiger partial charge is 0.508 e. The predicted molar refractivity (Wildman–Crippen MR) is 160 cm³/mol. The van der Waals surface area contributed by atoms with Crippen LogP contribution >= 0.6 is 11.6 Å². The summed E-state index contributed by atoms with van der Waals surface area (Å²) < 4.78 is 11.1. The number of hydrogen-bond donors (Lipinski definition) is 5. The highest BCUT2D eigenvalue weighted by Gasteiger charge is 2.35. The number of amidine groups is 1. The average molecular weight is 616 g/mol. The van der Waals surface area contributed by atoms with E-state index in [4.69, 9.17) is 21.1 Å². The number of carboxylic acid groups (broad SMARTS) is 1. The van der Waals surface area contributed by atoms with Crippen LogP contribution in [0.15, 0.2) is 41.4 Å². The van der Waals surface area contributed by atoms with Gasteiger partial charge in [-0.3, -0.25) is 19.4 Å². The number of nitrogens with one attached hydrogen (secondary N) is 2. The van der Waals surface area contributed by atoms with Crippen molar-refractivity contribution in [2.24, 2.45) is 4.99 Å². The number of carbonyl (C=O) groups excluding carboxylic acids is 2. The molecule has 0 aliphatic carbocycles. The second-order valence-corrected chi connectivity index (χ2v) is 11.6. The highest BCUT2D eigenvalue weighted by Crippen LogP contribution is 2.39. The molecule has 43 heavy (non-hydrogen) atoms. The summed E-state index contributed by atoms with van der Waals surface area (Å²) in [7, 11) is 1.63. The van der Waals surface area contributed by atoms with Crippen LogP contribution in [0.25, 0.3) is 0 Å². The Morgan fingerprint density at radius 2 is 1.93 bits per heavy atom. The van der Waals surface area contributed by atoms with Crippen molar-refractivity contribution in [3.63, 3.8) is 0 Å². The number of carboxylic acids is 1. The van der Waals surface area contributed by atoms with Crippen LogP contribution < -0.4 is 10.6 Å². The van der Waals surface area contributed by atoms with E-state index in [0.29, 0.717) is 54.8 Å². The van der Waals surface area contributed by atoms with E-state index in [1.165, 1.54) is 12.1 Å². The lowest BCUT2D eigenvalue weighted by Gasteiger charge is -2.37. The van der Waals surface area contributed by atoms with Gasteiger partial charge in [-0.15, -0.1) is 0 Å². The first-order valence-electron chi connectivity index (χ1n) is 14.2. The molecular formula is C31H38ClN3O8. The Balaban J connectivity index is 1.44. The van der Waals surface area contributed by atoms with Crippen molar-refractivity contribution in [1.82, 2.24) is 10.6 Å². The molecule has 1 unspecified atom stereocenters. The molecule has 2 atom stereocenters. The number of ether oxygens (including phenoxy) is 2. The fraction of sp³-hybridized carbons (Fsp3) is 0.484. The van der Waals surface area contributed by atoms with Gasteiger partial charge in [0.15, 0.2) is 5.78 Å². The summed E-state index contributed by atoms with van der Waals surface area (Å²) in [6.07, 6.45) is 0.818. The van der Waals surface area contributed by atoms with Crippen LogP contribution in [-0.2, 0) is 30.9 Å². The number of phenolic OH excluding ortho intramolecular Hbond substituents is 1. The average Bonchev–Trinajstić information content (AvgIpc) is 2.96. The highest BCUT2D eigenvalue weighted by molar-refractivity contribution is 6.30. The van der Waals surface area contributed by atoms with Crippen molar-refractivity contribution in [3.05, 3.63) is 63.7 Å². The van der Waals surface area contributed by atoms with Gasteiger partial charge in [-0.1, -0.05) is 17.7 Å². The number of aliphatic hydroxyl groups excluding tert-OH is 1. The number of hydrogen-bond acceptors (Lipinski definition) is 9. The van der Waals surface area contributed by atoms with Gasteiger partial charge in [-0.05, 0) is 59.9 Å². The number of phenols is 1. The third-order valence-corrected chi connectivity index (χ3v) is 8.08. The molecule has 2 aliphatic rings. The summed E-state index contributed by atoms with van der Waals surface area (Å²) in [5.74, 6) is -2.09. The molecule has 232 valence electrons. The number of Topliss-reactive ketones (excluding diaryl/α,β-unsaturated/α-hetero) is 1. The van der Waals surface area contributed by atoms with Gasteiger partial charge in [0, 0.05) is 61.6 Å². The monoisotopic (exact) mass is 615 g/mol. The Bertz CT molecular complexity index is 1350. The van der Waals surface area contributed by atoms with Crippen molar-refractivity contribution in [2.75, 3.05) is 46.6 Å². The number of benzene rings is 2. The van der Waals surface area contributed by atoms with E-state index in [0.717, 1.165) is 18.4 Å². The lowest BCUT2D eigenvalue weighted by molar-refractivity contribution is -0.137. The summed E-state index contributed by atoms with van der Waals surface area (Å²) in [5, 5.41) is 35.5. The minimum atomic E-state index is -1.06. The number of methoxy groups -OCH3 is 1. The molecule has 2 aliphatic heterocycles. The maximum Gasteiger partial charge on any atom is 0.303 e. The number of rotatable bonds is 13. The fourth-order valence-corrected chi connectivity index (χ4v) is 5.89. The van der Waals surface area contributed by atoms with Crippen LogP contribution in [0.2, 0.25) is 5.02 Å². The lowest BCUT2D eigenvalue weighted by atomic mass is 9.73. The van der Waals surface area contributed by atoms with Gasteiger partial charge in [0.2, 0.25) is 0 Å². The number of ketones is 1. The molecule has 5 N–H and O–H groups in total. The van der Waals surface area contributed by atoms with Gasteiger partial charge in [-0.2, -0.15) is 0 Å². The fourth-order valence-electron chi connectivity index (χ4n) is 5.65. The van der Waals surface area contributed by atoms with Gasteiger partial charge >= 0.3 is 5.97 Å². The third kappa shape index (κ3) is 8.99. The van der Waals surface area contributed by atoms with E-state index < -0.39 is 23.9 Å². The lowest BCUT2D eigenvalue weighted by Crippen LogP contribution is -2.39. The molecule has 0 saturated carbocycles. The van der Waals surface area contributed by atoms with Gasteiger partial charge in [0.1, 0.15) is 11.6 Å². The summed E-state index contributed by atoms with van der Waals surface area (Å²) >= 11 is 6.51. The molecular weight excluding hydrogens is 578 g/mol. The molecule has 0 aromatic heterocycles. The number of aliphatic carboxylic acids is 1. The molecule has 0 bridgehead atoms. The Morgan fingerprint density at radius 1 is 1.16 bits per heavy atom. The quantitative estimate of drug-likeness (QED) is 0.228. The SMILES string of the molecule is COCC1(c2cc(Cl)cc([C@H](CC(=O)O)CC(=O)CNC(=O)c3cc(O)cc(CC4=NCC(O)CN4)c3)c2)CCOCC1. The molecule has 2 aromatic rings. The van der Waals surface area contributed by atoms with E-state index in [9.17, 15) is 29.7 Å². The topological polar surface area (TPSA) is 167 Å². The number of carbonyl (C=O) groups is 3.